The van der Waals surface area contributed by atoms with Crippen molar-refractivity contribution in [3.8, 4) is 11.9 Å². The third kappa shape index (κ3) is 7.37. The number of carbonyl (C=O) groups excluding carboxylic acids is 5. The van der Waals surface area contributed by atoms with Crippen molar-refractivity contribution in [1.82, 2.24) is 40.6 Å². The summed E-state index contributed by atoms with van der Waals surface area (Å²) >= 11 is 0. The summed E-state index contributed by atoms with van der Waals surface area (Å²) in [5, 5.41) is 26.7. The van der Waals surface area contributed by atoms with Crippen LogP contribution in [0.25, 0.3) is 16.9 Å². The van der Waals surface area contributed by atoms with Crippen LogP contribution in [0, 0.1) is 17.2 Å². The number of anilines is 2. The average molecular weight is 770 g/mol. The average Bonchev–Trinajstić information content (AvgIpc) is 3.84. The zero-order chi connectivity index (χ0) is 39.2. The van der Waals surface area contributed by atoms with Gasteiger partial charge in [-0.25, -0.2) is 9.97 Å². The summed E-state index contributed by atoms with van der Waals surface area (Å²) in [6.45, 7) is 1.86. The molecule has 4 N–H and O–H groups in total. The zero-order valence-corrected chi connectivity index (χ0v) is 31.4. The number of benzene rings is 1. The van der Waals surface area contributed by atoms with Crippen LogP contribution in [0.4, 0.5) is 11.4 Å². The number of nitrogens with one attached hydrogen (secondary N) is 4. The summed E-state index contributed by atoms with van der Waals surface area (Å²) in [6, 6.07) is 11.1. The lowest BCUT2D eigenvalue weighted by atomic mass is 9.85. The molecule has 1 unspecified atom stereocenters. The van der Waals surface area contributed by atoms with Gasteiger partial charge in [0.15, 0.2) is 11.5 Å². The van der Waals surface area contributed by atoms with Crippen molar-refractivity contribution in [3.05, 3.63) is 71.2 Å². The van der Waals surface area contributed by atoms with E-state index in [2.05, 4.69) is 47.3 Å². The Balaban J connectivity index is 0.756. The Morgan fingerprint density at radius 1 is 0.842 bits per heavy atom. The standard InChI is InChI=1S/C41H43N11O5/c42-18-23-15-25-20-45-52(37(25)44-19-23)35-17-33(46-27-5-6-27)32(21-43-35)39(55)48-28-3-1-24(2-4-28)38(54)47-29-11-13-50(14-12-29)30-7-8-31-26(16-30)22-51(41(31)57)34-9-10-36(53)49-40(34)56/h7-8,15-17,19-21,24,27-29,34H,1-6,9-14,22H2,(H,43,46)(H,47,54)(H,48,55)(H,49,53,56). The first-order valence-corrected chi connectivity index (χ1v) is 19.9. The number of pyridine rings is 2. The zero-order valence-electron chi connectivity index (χ0n) is 31.4. The lowest BCUT2D eigenvalue weighted by Crippen LogP contribution is -2.52. The van der Waals surface area contributed by atoms with Gasteiger partial charge in [0.05, 0.1) is 23.0 Å². The van der Waals surface area contributed by atoms with E-state index in [1.54, 1.807) is 28.0 Å². The summed E-state index contributed by atoms with van der Waals surface area (Å²) in [6.07, 6.45) is 11.7. The van der Waals surface area contributed by atoms with Gasteiger partial charge in [0.1, 0.15) is 12.1 Å². The van der Waals surface area contributed by atoms with Gasteiger partial charge in [0.25, 0.3) is 11.8 Å². The van der Waals surface area contributed by atoms with Gasteiger partial charge in [-0.15, -0.1) is 0 Å². The van der Waals surface area contributed by atoms with E-state index >= 15 is 0 Å². The highest BCUT2D eigenvalue weighted by Gasteiger charge is 2.39. The highest BCUT2D eigenvalue weighted by molar-refractivity contribution is 6.05. The molecule has 2 aliphatic carbocycles. The number of nitriles is 1. The fourth-order valence-electron chi connectivity index (χ4n) is 8.58. The van der Waals surface area contributed by atoms with Gasteiger partial charge in [0.2, 0.25) is 17.7 Å². The van der Waals surface area contributed by atoms with E-state index in [0.29, 0.717) is 78.5 Å². The Labute approximate surface area is 328 Å². The second-order valence-electron chi connectivity index (χ2n) is 15.8. The normalized spacial score (nSPS) is 22.5. The Hall–Kier alpha value is -6.37. The van der Waals surface area contributed by atoms with E-state index in [4.69, 9.17) is 0 Å². The molecule has 2 saturated carbocycles. The summed E-state index contributed by atoms with van der Waals surface area (Å²) in [4.78, 5) is 77.0. The van der Waals surface area contributed by atoms with Crippen molar-refractivity contribution in [2.24, 2.45) is 5.92 Å². The van der Waals surface area contributed by atoms with Gasteiger partial charge in [-0.1, -0.05) is 0 Å². The molecule has 1 aromatic carbocycles. The molecular weight excluding hydrogens is 727 g/mol. The Kier molecular flexibility index (Phi) is 9.51. The molecule has 0 bridgehead atoms. The fourth-order valence-corrected chi connectivity index (χ4v) is 8.58. The first kappa shape index (κ1) is 36.3. The highest BCUT2D eigenvalue weighted by atomic mass is 16.2. The fraction of sp³-hybridized carbons (Fsp3) is 0.439. The van der Waals surface area contributed by atoms with Crippen LogP contribution in [-0.2, 0) is 20.9 Å². The molecule has 57 heavy (non-hydrogen) atoms. The molecule has 2 saturated heterocycles. The van der Waals surface area contributed by atoms with Gasteiger partial charge in [-0.2, -0.15) is 15.0 Å². The maximum atomic E-state index is 13.6. The molecule has 9 rings (SSSR count). The first-order chi connectivity index (χ1) is 27.7. The van der Waals surface area contributed by atoms with E-state index < -0.39 is 11.9 Å². The lowest BCUT2D eigenvalue weighted by Gasteiger charge is -2.35. The molecule has 3 aromatic heterocycles. The van der Waals surface area contributed by atoms with Crippen molar-refractivity contribution in [3.63, 3.8) is 0 Å². The second-order valence-corrected chi connectivity index (χ2v) is 15.8. The predicted octanol–water partition coefficient (Wildman–Crippen LogP) is 3.10. The number of carbonyl (C=O) groups is 5. The summed E-state index contributed by atoms with van der Waals surface area (Å²) < 4.78 is 1.60. The molecule has 4 fully saturated rings. The Bertz CT molecular complexity index is 2330. The molecule has 16 nitrogen and oxygen atoms in total. The number of hydrogen-bond acceptors (Lipinski definition) is 11. The molecule has 0 spiro atoms. The quantitative estimate of drug-likeness (QED) is 0.182. The number of hydrogen-bond donors (Lipinski definition) is 4. The molecular formula is C41H43N11O5. The molecule has 5 aliphatic rings. The highest BCUT2D eigenvalue weighted by Crippen LogP contribution is 2.33. The van der Waals surface area contributed by atoms with E-state index in [1.165, 1.54) is 6.20 Å². The van der Waals surface area contributed by atoms with Crippen LogP contribution in [0.1, 0.15) is 96.1 Å². The smallest absolute Gasteiger partial charge is 0.255 e. The van der Waals surface area contributed by atoms with Crippen LogP contribution in [0.3, 0.4) is 0 Å². The van der Waals surface area contributed by atoms with Gasteiger partial charge < -0.3 is 25.8 Å². The summed E-state index contributed by atoms with van der Waals surface area (Å²) in [7, 11) is 0. The van der Waals surface area contributed by atoms with Crippen molar-refractivity contribution in [2.45, 2.75) is 94.9 Å². The van der Waals surface area contributed by atoms with E-state index in [9.17, 15) is 29.2 Å². The first-order valence-electron chi connectivity index (χ1n) is 19.9. The maximum Gasteiger partial charge on any atom is 0.255 e. The molecule has 4 aromatic rings. The van der Waals surface area contributed by atoms with Crippen LogP contribution in [0.15, 0.2) is 48.9 Å². The Morgan fingerprint density at radius 3 is 2.37 bits per heavy atom. The number of fused-ring (bicyclic) bond motifs is 2. The predicted molar refractivity (Wildman–Crippen MR) is 207 cm³/mol. The van der Waals surface area contributed by atoms with Crippen LogP contribution in [-0.4, -0.2) is 91.4 Å². The van der Waals surface area contributed by atoms with Crippen LogP contribution in [0.5, 0.6) is 0 Å². The molecule has 5 amide bonds. The monoisotopic (exact) mass is 769 g/mol. The van der Waals surface area contributed by atoms with Crippen LogP contribution >= 0.6 is 0 Å². The van der Waals surface area contributed by atoms with Gasteiger partial charge in [-0.05, 0) is 87.6 Å². The van der Waals surface area contributed by atoms with Gasteiger partial charge >= 0.3 is 0 Å². The van der Waals surface area contributed by atoms with E-state index in [0.717, 1.165) is 55.4 Å². The number of amides is 5. The van der Waals surface area contributed by atoms with E-state index in [1.807, 2.05) is 24.3 Å². The van der Waals surface area contributed by atoms with Crippen molar-refractivity contribution in [2.75, 3.05) is 23.3 Å². The minimum atomic E-state index is -0.640. The number of aromatic nitrogens is 4. The molecule has 6 heterocycles. The third-order valence-corrected chi connectivity index (χ3v) is 12.0. The van der Waals surface area contributed by atoms with Crippen molar-refractivity contribution in [1.29, 1.82) is 5.26 Å². The minimum Gasteiger partial charge on any atom is -0.382 e. The maximum absolute atomic E-state index is 13.6. The van der Waals surface area contributed by atoms with Crippen molar-refractivity contribution >= 4 is 51.9 Å². The van der Waals surface area contributed by atoms with Gasteiger partial charge in [0, 0.05) is 85.2 Å². The largest absolute Gasteiger partial charge is 0.382 e. The topological polar surface area (TPSA) is 207 Å². The molecule has 3 aliphatic heterocycles. The molecule has 1 atom stereocenters. The van der Waals surface area contributed by atoms with Crippen molar-refractivity contribution < 1.29 is 24.0 Å². The number of imide groups is 1. The Morgan fingerprint density at radius 2 is 1.61 bits per heavy atom. The molecule has 0 radical (unpaired) electrons. The number of nitrogens with zero attached hydrogens (tertiary/aromatic N) is 7. The SMILES string of the molecule is N#Cc1cnc2c(cnn2-c2cc(NC3CC3)c(C(=O)NC3CCC(C(=O)NC4CCN(c5ccc6c(c5)CN(C5CCC(=O)NC5=O)C6=O)CC4)CC3)cn2)c1. The summed E-state index contributed by atoms with van der Waals surface area (Å²) in [5.74, 6) is -0.628. The van der Waals surface area contributed by atoms with Crippen LogP contribution < -0.4 is 26.2 Å². The third-order valence-electron chi connectivity index (χ3n) is 12.0. The number of piperidine rings is 2. The number of rotatable bonds is 9. The minimum absolute atomic E-state index is 0.0504. The molecule has 292 valence electrons. The van der Waals surface area contributed by atoms with E-state index in [-0.39, 0.29) is 48.1 Å². The summed E-state index contributed by atoms with van der Waals surface area (Å²) in [5.41, 5.74) is 4.64. The van der Waals surface area contributed by atoms with Gasteiger partial charge in [-0.3, -0.25) is 29.3 Å². The lowest BCUT2D eigenvalue weighted by molar-refractivity contribution is -0.137. The second kappa shape index (κ2) is 14.9. The van der Waals surface area contributed by atoms with Crippen LogP contribution in [0.2, 0.25) is 0 Å². The molecule has 16 heteroatoms.